The fourth-order valence-corrected chi connectivity index (χ4v) is 4.29. The summed E-state index contributed by atoms with van der Waals surface area (Å²) >= 11 is 1.63. The Kier molecular flexibility index (Phi) is 5.65. The van der Waals surface area contributed by atoms with Crippen molar-refractivity contribution in [1.29, 1.82) is 0 Å². The summed E-state index contributed by atoms with van der Waals surface area (Å²) in [6.07, 6.45) is 3.69. The smallest absolute Gasteiger partial charge is 0.270 e. The van der Waals surface area contributed by atoms with Crippen LogP contribution in [0.15, 0.2) is 53.9 Å². The molecular formula is C21H25N4OS+. The number of quaternary nitrogens is 1. The zero-order chi connectivity index (χ0) is 18.5. The lowest BCUT2D eigenvalue weighted by Crippen LogP contribution is -3.10. The van der Waals surface area contributed by atoms with Gasteiger partial charge in [0.2, 0.25) is 0 Å². The Morgan fingerprint density at radius 1 is 1.15 bits per heavy atom. The first-order valence-electron chi connectivity index (χ1n) is 9.62. The molecular weight excluding hydrogens is 356 g/mol. The van der Waals surface area contributed by atoms with Gasteiger partial charge in [-0.1, -0.05) is 24.3 Å². The van der Waals surface area contributed by atoms with Gasteiger partial charge in [0, 0.05) is 25.8 Å². The van der Waals surface area contributed by atoms with Crippen LogP contribution in [0.2, 0.25) is 0 Å². The highest BCUT2D eigenvalue weighted by atomic mass is 32.1. The molecule has 2 N–H and O–H groups in total. The molecule has 0 unspecified atom stereocenters. The van der Waals surface area contributed by atoms with Crippen LogP contribution in [-0.4, -0.2) is 41.9 Å². The number of carbonyl (C=O) groups is 1. The summed E-state index contributed by atoms with van der Waals surface area (Å²) in [7, 11) is 0. The van der Waals surface area contributed by atoms with Crippen molar-refractivity contribution in [3.05, 3.63) is 59.6 Å². The van der Waals surface area contributed by atoms with Crippen LogP contribution in [0.3, 0.4) is 0 Å². The molecule has 1 aromatic carbocycles. The molecule has 140 valence electrons. The number of nitrogens with zero attached hydrogens (tertiary/aromatic N) is 2. The molecule has 1 amide bonds. The van der Waals surface area contributed by atoms with Gasteiger partial charge in [-0.2, -0.15) is 5.10 Å². The van der Waals surface area contributed by atoms with Crippen molar-refractivity contribution in [1.82, 2.24) is 15.1 Å². The first-order chi connectivity index (χ1) is 13.3. The molecule has 1 saturated heterocycles. The number of hydrogen-bond donors (Lipinski definition) is 2. The highest BCUT2D eigenvalue weighted by Crippen LogP contribution is 2.25. The third-order valence-electron chi connectivity index (χ3n) is 5.02. The lowest BCUT2D eigenvalue weighted by atomic mass is 10.2. The van der Waals surface area contributed by atoms with Crippen molar-refractivity contribution in [3.63, 3.8) is 0 Å². The van der Waals surface area contributed by atoms with E-state index in [4.69, 9.17) is 5.10 Å². The van der Waals surface area contributed by atoms with E-state index in [1.807, 2.05) is 53.9 Å². The predicted octanol–water partition coefficient (Wildman–Crippen LogP) is 2.40. The van der Waals surface area contributed by atoms with Crippen molar-refractivity contribution in [2.45, 2.75) is 19.3 Å². The normalized spacial score (nSPS) is 14.5. The Morgan fingerprint density at radius 2 is 1.96 bits per heavy atom. The fraction of sp³-hybridized carbons (Fsp3) is 0.333. The number of rotatable bonds is 7. The maximum atomic E-state index is 12.8. The van der Waals surface area contributed by atoms with Gasteiger partial charge in [-0.3, -0.25) is 4.79 Å². The van der Waals surface area contributed by atoms with Crippen LogP contribution in [0, 0.1) is 0 Å². The SMILES string of the molecule is O=C(NCCC[NH+]1CCCC1)c1cc(-c2cccs2)nn1-c1ccccc1. The van der Waals surface area contributed by atoms with E-state index >= 15 is 0 Å². The van der Waals surface area contributed by atoms with Gasteiger partial charge in [0.25, 0.3) is 5.91 Å². The number of thiophene rings is 1. The zero-order valence-corrected chi connectivity index (χ0v) is 16.2. The van der Waals surface area contributed by atoms with Crippen molar-refractivity contribution < 1.29 is 9.69 Å². The van der Waals surface area contributed by atoms with E-state index in [1.165, 1.54) is 25.9 Å². The fourth-order valence-electron chi connectivity index (χ4n) is 3.61. The Hall–Kier alpha value is -2.44. The Balaban J connectivity index is 1.48. The molecule has 3 heterocycles. The summed E-state index contributed by atoms with van der Waals surface area (Å²) in [6, 6.07) is 15.8. The second-order valence-corrected chi connectivity index (χ2v) is 7.90. The molecule has 1 aliphatic heterocycles. The minimum Gasteiger partial charge on any atom is -0.350 e. The first kappa shape index (κ1) is 17.9. The zero-order valence-electron chi connectivity index (χ0n) is 15.4. The molecule has 27 heavy (non-hydrogen) atoms. The van der Waals surface area contributed by atoms with E-state index < -0.39 is 0 Å². The summed E-state index contributed by atoms with van der Waals surface area (Å²) in [5.74, 6) is -0.0643. The van der Waals surface area contributed by atoms with Crippen molar-refractivity contribution in [2.24, 2.45) is 0 Å². The lowest BCUT2D eigenvalue weighted by Gasteiger charge is -2.12. The van der Waals surface area contributed by atoms with E-state index in [2.05, 4.69) is 5.32 Å². The molecule has 5 nitrogen and oxygen atoms in total. The Bertz CT molecular complexity index is 867. The summed E-state index contributed by atoms with van der Waals surface area (Å²) < 4.78 is 1.75. The summed E-state index contributed by atoms with van der Waals surface area (Å²) in [5, 5.41) is 9.80. The molecule has 1 aliphatic rings. The largest absolute Gasteiger partial charge is 0.350 e. The number of carbonyl (C=O) groups excluding carboxylic acids is 1. The quantitative estimate of drug-likeness (QED) is 0.618. The van der Waals surface area contributed by atoms with Gasteiger partial charge in [-0.05, 0) is 29.6 Å². The number of nitrogens with one attached hydrogen (secondary N) is 2. The highest BCUT2D eigenvalue weighted by Gasteiger charge is 2.18. The average Bonchev–Trinajstić information content (AvgIpc) is 3.47. The molecule has 1 fully saturated rings. The second-order valence-electron chi connectivity index (χ2n) is 6.96. The number of likely N-dealkylation sites (tertiary alicyclic amines) is 1. The van der Waals surface area contributed by atoms with Gasteiger partial charge in [0.05, 0.1) is 30.2 Å². The van der Waals surface area contributed by atoms with E-state index in [0.29, 0.717) is 12.2 Å². The van der Waals surface area contributed by atoms with Crippen LogP contribution in [0.4, 0.5) is 0 Å². The third kappa shape index (κ3) is 4.28. The summed E-state index contributed by atoms with van der Waals surface area (Å²) in [4.78, 5) is 15.6. The van der Waals surface area contributed by atoms with Crippen LogP contribution >= 0.6 is 11.3 Å². The van der Waals surface area contributed by atoms with E-state index in [1.54, 1.807) is 20.9 Å². The maximum absolute atomic E-state index is 12.8. The van der Waals surface area contributed by atoms with Crippen LogP contribution in [0.5, 0.6) is 0 Å². The van der Waals surface area contributed by atoms with E-state index in [-0.39, 0.29) is 5.91 Å². The minimum absolute atomic E-state index is 0.0643. The number of hydrogen-bond acceptors (Lipinski definition) is 3. The van der Waals surface area contributed by atoms with Gasteiger partial charge in [0.15, 0.2) is 0 Å². The molecule has 4 rings (SSSR count). The minimum atomic E-state index is -0.0643. The van der Waals surface area contributed by atoms with E-state index in [9.17, 15) is 4.79 Å². The van der Waals surface area contributed by atoms with Gasteiger partial charge in [-0.15, -0.1) is 11.3 Å². The standard InChI is InChI=1S/C21H24N4OS/c26-21(22-11-7-14-24-12-4-5-13-24)19-16-18(20-10-6-15-27-20)23-25(19)17-8-2-1-3-9-17/h1-3,6,8-10,15-16H,4-5,7,11-14H2,(H,22,26)/p+1. The molecule has 6 heteroatoms. The van der Waals surface area contributed by atoms with Gasteiger partial charge in [0.1, 0.15) is 11.4 Å². The predicted molar refractivity (Wildman–Crippen MR) is 109 cm³/mol. The summed E-state index contributed by atoms with van der Waals surface area (Å²) in [5.41, 5.74) is 2.31. The molecule has 0 radical (unpaired) electrons. The topological polar surface area (TPSA) is 51.4 Å². The second kappa shape index (κ2) is 8.50. The number of benzene rings is 1. The van der Waals surface area contributed by atoms with Crippen LogP contribution in [0.1, 0.15) is 29.8 Å². The van der Waals surface area contributed by atoms with Crippen molar-refractivity contribution in [2.75, 3.05) is 26.2 Å². The lowest BCUT2D eigenvalue weighted by molar-refractivity contribution is -0.887. The molecule has 0 bridgehead atoms. The third-order valence-corrected chi connectivity index (χ3v) is 5.91. The van der Waals surface area contributed by atoms with Crippen LogP contribution in [0.25, 0.3) is 16.3 Å². The van der Waals surface area contributed by atoms with Crippen LogP contribution in [-0.2, 0) is 0 Å². The molecule has 0 aliphatic carbocycles. The average molecular weight is 382 g/mol. The summed E-state index contributed by atoms with van der Waals surface area (Å²) in [6.45, 7) is 4.40. The number of aromatic nitrogens is 2. The molecule has 2 aromatic heterocycles. The Morgan fingerprint density at radius 3 is 2.70 bits per heavy atom. The number of para-hydroxylation sites is 1. The molecule has 3 aromatic rings. The van der Waals surface area contributed by atoms with E-state index in [0.717, 1.165) is 29.2 Å². The molecule has 0 atom stereocenters. The van der Waals surface area contributed by atoms with Gasteiger partial charge < -0.3 is 10.2 Å². The molecule has 0 saturated carbocycles. The first-order valence-corrected chi connectivity index (χ1v) is 10.5. The monoisotopic (exact) mass is 381 g/mol. The maximum Gasteiger partial charge on any atom is 0.270 e. The number of amides is 1. The van der Waals surface area contributed by atoms with Gasteiger partial charge >= 0.3 is 0 Å². The Labute approximate surface area is 163 Å². The van der Waals surface area contributed by atoms with Crippen molar-refractivity contribution in [3.8, 4) is 16.3 Å². The molecule has 0 spiro atoms. The highest BCUT2D eigenvalue weighted by molar-refractivity contribution is 7.13. The van der Waals surface area contributed by atoms with Crippen molar-refractivity contribution >= 4 is 17.2 Å². The van der Waals surface area contributed by atoms with Crippen LogP contribution < -0.4 is 10.2 Å². The van der Waals surface area contributed by atoms with Gasteiger partial charge in [-0.25, -0.2) is 4.68 Å².